The van der Waals surface area contributed by atoms with E-state index in [2.05, 4.69) is 20.4 Å². The molecule has 0 amide bonds. The summed E-state index contributed by atoms with van der Waals surface area (Å²) in [4.78, 5) is 10.3. The smallest absolute Gasteiger partial charge is 0.269 e. The molecule has 0 bridgehead atoms. The minimum atomic E-state index is -0.457. The van der Waals surface area contributed by atoms with Crippen molar-refractivity contribution in [3.05, 3.63) is 64.7 Å². The van der Waals surface area contributed by atoms with Gasteiger partial charge in [0.05, 0.1) is 16.3 Å². The SMILES string of the molecule is Nc1n[nH]c(-c2ccc([N+](=O)[O-])cc2)c1N=Nc1ccccc1. The van der Waals surface area contributed by atoms with Crippen LogP contribution in [0.2, 0.25) is 0 Å². The van der Waals surface area contributed by atoms with Gasteiger partial charge in [-0.25, -0.2) is 0 Å². The molecule has 0 aliphatic carbocycles. The van der Waals surface area contributed by atoms with Gasteiger partial charge in [0.2, 0.25) is 0 Å². The summed E-state index contributed by atoms with van der Waals surface area (Å²) in [6, 6.07) is 15.2. The first kappa shape index (κ1) is 14.4. The van der Waals surface area contributed by atoms with Crippen molar-refractivity contribution in [2.75, 3.05) is 5.73 Å². The van der Waals surface area contributed by atoms with Gasteiger partial charge in [-0.15, -0.1) is 5.11 Å². The van der Waals surface area contributed by atoms with E-state index >= 15 is 0 Å². The molecule has 8 heteroatoms. The Morgan fingerprint density at radius 1 is 1.04 bits per heavy atom. The van der Waals surface area contributed by atoms with E-state index in [-0.39, 0.29) is 11.5 Å². The lowest BCUT2D eigenvalue weighted by molar-refractivity contribution is -0.384. The summed E-state index contributed by atoms with van der Waals surface area (Å²) in [7, 11) is 0. The summed E-state index contributed by atoms with van der Waals surface area (Å²) >= 11 is 0. The zero-order valence-electron chi connectivity index (χ0n) is 11.9. The van der Waals surface area contributed by atoms with Crippen LogP contribution in [0.4, 0.5) is 22.9 Å². The average Bonchev–Trinajstić information content (AvgIpc) is 2.95. The fraction of sp³-hybridized carbons (Fsp3) is 0. The number of anilines is 1. The minimum absolute atomic E-state index is 0.00805. The van der Waals surface area contributed by atoms with Gasteiger partial charge in [0.1, 0.15) is 0 Å². The van der Waals surface area contributed by atoms with Gasteiger partial charge in [-0.3, -0.25) is 15.2 Å². The van der Waals surface area contributed by atoms with Crippen LogP contribution in [0.5, 0.6) is 0 Å². The van der Waals surface area contributed by atoms with Crippen LogP contribution in [0.15, 0.2) is 64.8 Å². The Kier molecular flexibility index (Phi) is 3.79. The standard InChI is InChI=1S/C15H12N6O2/c16-15-14(19-17-11-4-2-1-3-5-11)13(18-20-15)10-6-8-12(9-7-10)21(22)23/h1-9H,(H3,16,18,20). The van der Waals surface area contributed by atoms with E-state index in [0.29, 0.717) is 22.6 Å². The molecule has 3 rings (SSSR count). The van der Waals surface area contributed by atoms with Crippen LogP contribution in [0.1, 0.15) is 0 Å². The van der Waals surface area contributed by atoms with Crippen molar-refractivity contribution in [2.24, 2.45) is 10.2 Å². The van der Waals surface area contributed by atoms with Gasteiger partial charge in [0, 0.05) is 17.7 Å². The van der Waals surface area contributed by atoms with Crippen LogP contribution < -0.4 is 5.73 Å². The van der Waals surface area contributed by atoms with E-state index in [9.17, 15) is 10.1 Å². The number of azo groups is 1. The number of hydrogen-bond donors (Lipinski definition) is 2. The first-order chi connectivity index (χ1) is 11.1. The fourth-order valence-electron chi connectivity index (χ4n) is 2.00. The number of nitrogens with zero attached hydrogens (tertiary/aromatic N) is 4. The molecule has 1 heterocycles. The van der Waals surface area contributed by atoms with E-state index in [1.165, 1.54) is 12.1 Å². The maximum Gasteiger partial charge on any atom is 0.269 e. The first-order valence-corrected chi connectivity index (χ1v) is 6.70. The van der Waals surface area contributed by atoms with Gasteiger partial charge in [-0.2, -0.15) is 10.2 Å². The second kappa shape index (κ2) is 6.06. The highest BCUT2D eigenvalue weighted by molar-refractivity contribution is 5.79. The fourth-order valence-corrected chi connectivity index (χ4v) is 2.00. The second-order valence-electron chi connectivity index (χ2n) is 4.67. The molecule has 0 aliphatic rings. The lowest BCUT2D eigenvalue weighted by atomic mass is 10.1. The number of nitro benzene ring substituents is 1. The molecule has 23 heavy (non-hydrogen) atoms. The Balaban J connectivity index is 1.95. The quantitative estimate of drug-likeness (QED) is 0.429. The molecule has 0 atom stereocenters. The maximum absolute atomic E-state index is 10.7. The Morgan fingerprint density at radius 3 is 2.39 bits per heavy atom. The number of nitrogens with two attached hydrogens (primary N) is 1. The largest absolute Gasteiger partial charge is 0.380 e. The predicted octanol–water partition coefficient (Wildman–Crippen LogP) is 3.98. The van der Waals surface area contributed by atoms with Gasteiger partial charge in [0.25, 0.3) is 5.69 Å². The Labute approximate surface area is 130 Å². The number of H-pyrrole nitrogens is 1. The average molecular weight is 308 g/mol. The van der Waals surface area contributed by atoms with E-state index in [4.69, 9.17) is 5.73 Å². The second-order valence-corrected chi connectivity index (χ2v) is 4.67. The van der Waals surface area contributed by atoms with Gasteiger partial charge < -0.3 is 5.73 Å². The van der Waals surface area contributed by atoms with Crippen molar-refractivity contribution in [3.8, 4) is 11.3 Å². The molecule has 0 saturated carbocycles. The van der Waals surface area contributed by atoms with Crippen LogP contribution >= 0.6 is 0 Å². The molecule has 114 valence electrons. The van der Waals surface area contributed by atoms with Crippen LogP contribution in [0.3, 0.4) is 0 Å². The highest BCUT2D eigenvalue weighted by Crippen LogP contribution is 2.34. The zero-order chi connectivity index (χ0) is 16.2. The number of aromatic amines is 1. The molecule has 0 aliphatic heterocycles. The predicted molar refractivity (Wildman–Crippen MR) is 85.7 cm³/mol. The molecular formula is C15H12N6O2. The number of hydrogen-bond acceptors (Lipinski definition) is 6. The van der Waals surface area contributed by atoms with Gasteiger partial charge in [0.15, 0.2) is 11.5 Å². The molecule has 1 aromatic heterocycles. The minimum Gasteiger partial charge on any atom is -0.380 e. The molecule has 0 spiro atoms. The molecule has 0 fully saturated rings. The highest BCUT2D eigenvalue weighted by atomic mass is 16.6. The highest BCUT2D eigenvalue weighted by Gasteiger charge is 2.14. The molecule has 0 saturated heterocycles. The maximum atomic E-state index is 10.7. The van der Waals surface area contributed by atoms with Gasteiger partial charge in [-0.05, 0) is 24.3 Å². The van der Waals surface area contributed by atoms with E-state index in [1.54, 1.807) is 12.1 Å². The van der Waals surface area contributed by atoms with Crippen molar-refractivity contribution in [1.82, 2.24) is 10.2 Å². The zero-order valence-corrected chi connectivity index (χ0v) is 11.9. The van der Waals surface area contributed by atoms with Crippen molar-refractivity contribution in [2.45, 2.75) is 0 Å². The lowest BCUT2D eigenvalue weighted by Crippen LogP contribution is -1.87. The van der Waals surface area contributed by atoms with Gasteiger partial charge >= 0.3 is 0 Å². The molecule has 0 radical (unpaired) electrons. The molecule has 3 aromatic rings. The van der Waals surface area contributed by atoms with Crippen molar-refractivity contribution in [3.63, 3.8) is 0 Å². The monoisotopic (exact) mass is 308 g/mol. The number of nitrogen functional groups attached to an aromatic ring is 1. The third-order valence-electron chi connectivity index (χ3n) is 3.16. The molecule has 8 nitrogen and oxygen atoms in total. The Bertz CT molecular complexity index is 855. The third kappa shape index (κ3) is 3.05. The normalized spacial score (nSPS) is 11.0. The van der Waals surface area contributed by atoms with E-state index in [1.807, 2.05) is 30.3 Å². The molecule has 2 aromatic carbocycles. The summed E-state index contributed by atoms with van der Waals surface area (Å²) in [5.74, 6) is 0.207. The Morgan fingerprint density at radius 2 is 1.74 bits per heavy atom. The van der Waals surface area contributed by atoms with Crippen molar-refractivity contribution in [1.29, 1.82) is 0 Å². The van der Waals surface area contributed by atoms with Crippen LogP contribution in [-0.2, 0) is 0 Å². The summed E-state index contributed by atoms with van der Waals surface area (Å²) in [6.07, 6.45) is 0. The summed E-state index contributed by atoms with van der Waals surface area (Å²) < 4.78 is 0. The topological polar surface area (TPSA) is 123 Å². The summed E-state index contributed by atoms with van der Waals surface area (Å²) in [6.45, 7) is 0. The number of non-ortho nitro benzene ring substituents is 1. The number of aromatic nitrogens is 2. The number of nitrogens with one attached hydrogen (secondary N) is 1. The molecular weight excluding hydrogens is 296 g/mol. The lowest BCUT2D eigenvalue weighted by Gasteiger charge is -1.99. The summed E-state index contributed by atoms with van der Waals surface area (Å²) in [5, 5.41) is 25.7. The van der Waals surface area contributed by atoms with E-state index in [0.717, 1.165) is 0 Å². The van der Waals surface area contributed by atoms with E-state index < -0.39 is 4.92 Å². The van der Waals surface area contributed by atoms with Gasteiger partial charge in [-0.1, -0.05) is 18.2 Å². The molecule has 0 unspecified atom stereocenters. The number of nitro groups is 1. The first-order valence-electron chi connectivity index (χ1n) is 6.70. The Hall–Kier alpha value is -3.55. The van der Waals surface area contributed by atoms with Crippen LogP contribution in [0, 0.1) is 10.1 Å². The third-order valence-corrected chi connectivity index (χ3v) is 3.16. The van der Waals surface area contributed by atoms with Crippen molar-refractivity contribution >= 4 is 22.9 Å². The molecule has 3 N–H and O–H groups in total. The van der Waals surface area contributed by atoms with Crippen LogP contribution in [0.25, 0.3) is 11.3 Å². The summed E-state index contributed by atoms with van der Waals surface area (Å²) in [5.41, 5.74) is 8.13. The number of rotatable bonds is 4. The van der Waals surface area contributed by atoms with Crippen LogP contribution in [-0.4, -0.2) is 15.1 Å². The van der Waals surface area contributed by atoms with Crippen molar-refractivity contribution < 1.29 is 4.92 Å². The number of benzene rings is 2.